The van der Waals surface area contributed by atoms with Crippen molar-refractivity contribution in [2.45, 2.75) is 82.1 Å². The van der Waals surface area contributed by atoms with Gasteiger partial charge < -0.3 is 19.3 Å². The van der Waals surface area contributed by atoms with E-state index < -0.39 is 23.1 Å². The van der Waals surface area contributed by atoms with Crippen molar-refractivity contribution in [3.05, 3.63) is 21.4 Å². The molecule has 4 saturated heterocycles. The maximum Gasteiger partial charge on any atom is 0.410 e. The molecule has 0 N–H and O–H groups in total. The van der Waals surface area contributed by atoms with Crippen molar-refractivity contribution in [3.63, 3.8) is 0 Å². The number of amides is 1. The molecule has 2 aromatic rings. The maximum absolute atomic E-state index is 15.5. The minimum Gasteiger partial charge on any atom is -0.461 e. The molecule has 1 unspecified atom stereocenters. The van der Waals surface area contributed by atoms with Crippen LogP contribution >= 0.6 is 27.5 Å². The number of likely N-dealkylation sites (tertiary alicyclic amines) is 1. The van der Waals surface area contributed by atoms with Gasteiger partial charge in [0.05, 0.1) is 20.6 Å². The summed E-state index contributed by atoms with van der Waals surface area (Å²) in [5, 5.41) is 0.691. The van der Waals surface area contributed by atoms with Crippen LogP contribution in [0.4, 0.5) is 19.4 Å². The van der Waals surface area contributed by atoms with Crippen LogP contribution in [0.25, 0.3) is 10.9 Å². The van der Waals surface area contributed by atoms with Crippen LogP contribution in [-0.2, 0) is 4.74 Å². The van der Waals surface area contributed by atoms with Gasteiger partial charge >= 0.3 is 12.1 Å². The first-order chi connectivity index (χ1) is 18.9. The van der Waals surface area contributed by atoms with Gasteiger partial charge in [-0.3, -0.25) is 4.90 Å². The smallest absolute Gasteiger partial charge is 0.410 e. The molecule has 218 valence electrons. The van der Waals surface area contributed by atoms with E-state index in [0.717, 1.165) is 38.6 Å². The van der Waals surface area contributed by atoms with Crippen LogP contribution < -0.4 is 9.64 Å². The lowest BCUT2D eigenvalue weighted by Gasteiger charge is -2.36. The molecule has 4 fully saturated rings. The van der Waals surface area contributed by atoms with E-state index >= 15 is 4.39 Å². The second-order valence-electron chi connectivity index (χ2n) is 12.7. The Morgan fingerprint density at radius 3 is 2.75 bits per heavy atom. The minimum atomic E-state index is -0.882. The molecule has 3 atom stereocenters. The quantitative estimate of drug-likeness (QED) is 0.372. The van der Waals surface area contributed by atoms with Gasteiger partial charge in [-0.15, -0.1) is 0 Å². The van der Waals surface area contributed by atoms with E-state index in [9.17, 15) is 9.18 Å². The predicted molar refractivity (Wildman–Crippen MR) is 152 cm³/mol. The zero-order valence-electron chi connectivity index (χ0n) is 23.1. The first-order valence-electron chi connectivity index (χ1n) is 14.0. The molecule has 1 amide bonds. The number of alkyl halides is 1. The third-order valence-corrected chi connectivity index (χ3v) is 10.2. The summed E-state index contributed by atoms with van der Waals surface area (Å²) in [4.78, 5) is 28.4. The number of carbonyl (C=O) groups excluding carboxylic acids is 1. The average Bonchev–Trinajstić information content (AvgIpc) is 3.64. The number of halogens is 4. The minimum absolute atomic E-state index is 0.0514. The van der Waals surface area contributed by atoms with Crippen LogP contribution in [0.15, 0.2) is 10.5 Å². The molecular weight excluding hydrogens is 608 g/mol. The number of benzene rings is 1. The third kappa shape index (κ3) is 4.89. The fraction of sp³-hybridized carbons (Fsp3) is 0.679. The number of anilines is 1. The molecule has 5 heterocycles. The highest BCUT2D eigenvalue weighted by atomic mass is 79.9. The van der Waals surface area contributed by atoms with Crippen molar-refractivity contribution in [2.24, 2.45) is 0 Å². The van der Waals surface area contributed by atoms with Crippen molar-refractivity contribution < 1.29 is 23.0 Å². The summed E-state index contributed by atoms with van der Waals surface area (Å²) in [5.41, 5.74) is -1.27. The Morgan fingerprint density at radius 2 is 1.98 bits per heavy atom. The summed E-state index contributed by atoms with van der Waals surface area (Å²) in [6.45, 7) is 8.86. The first-order valence-corrected chi connectivity index (χ1v) is 15.2. The SMILES string of the molecule is CC(C)(C)OC(=O)N1CCCC12CCN(c1nc(OC[C@@]34CCCN3C[C@H](F)C4)nc3c(F)c(Br)c(Cl)cc13)C2. The van der Waals surface area contributed by atoms with E-state index in [4.69, 9.17) is 26.1 Å². The zero-order chi connectivity index (χ0) is 28.4. The Kier molecular flexibility index (Phi) is 7.10. The standard InChI is InChI=1S/C28H35BrClF2N5O3/c1-26(2,3)40-25(38)37-10-5-6-27(37)8-11-35(15-27)23-18-12-19(30)20(29)21(32)22(18)33-24(34-23)39-16-28-7-4-9-36(28)14-17(31)13-28/h12,17H,4-11,13-16H2,1-3H3/t17-,27?,28+/m1/s1. The van der Waals surface area contributed by atoms with Crippen molar-refractivity contribution in [3.8, 4) is 6.01 Å². The Hall–Kier alpha value is -1.98. The van der Waals surface area contributed by atoms with Gasteiger partial charge in [0.15, 0.2) is 5.82 Å². The molecule has 4 aliphatic heterocycles. The third-order valence-electron chi connectivity index (χ3n) is 8.86. The summed E-state index contributed by atoms with van der Waals surface area (Å²) in [5.74, 6) is -0.0803. The molecule has 12 heteroatoms. The summed E-state index contributed by atoms with van der Waals surface area (Å²) >= 11 is 9.61. The van der Waals surface area contributed by atoms with E-state index in [1.807, 2.05) is 25.7 Å². The van der Waals surface area contributed by atoms with Crippen molar-refractivity contribution in [2.75, 3.05) is 44.2 Å². The van der Waals surface area contributed by atoms with Crippen LogP contribution in [0.2, 0.25) is 5.02 Å². The number of hydrogen-bond donors (Lipinski definition) is 0. The van der Waals surface area contributed by atoms with Crippen molar-refractivity contribution in [1.29, 1.82) is 0 Å². The number of nitrogens with zero attached hydrogens (tertiary/aromatic N) is 5. The number of fused-ring (bicyclic) bond motifs is 2. The van der Waals surface area contributed by atoms with Crippen LogP contribution in [0.5, 0.6) is 6.01 Å². The Morgan fingerprint density at radius 1 is 1.20 bits per heavy atom. The molecule has 1 aromatic heterocycles. The Labute approximate surface area is 246 Å². The van der Waals surface area contributed by atoms with Gasteiger partial charge in [-0.2, -0.15) is 9.97 Å². The Balaban J connectivity index is 1.33. The van der Waals surface area contributed by atoms with Crippen molar-refractivity contribution in [1.82, 2.24) is 19.8 Å². The number of ether oxygens (including phenoxy) is 2. The van der Waals surface area contributed by atoms with Gasteiger partial charge in [0.25, 0.3) is 0 Å². The van der Waals surface area contributed by atoms with Gasteiger partial charge in [-0.1, -0.05) is 11.6 Å². The van der Waals surface area contributed by atoms with Gasteiger partial charge in [-0.25, -0.2) is 13.6 Å². The number of aromatic nitrogens is 2. The lowest BCUT2D eigenvalue weighted by Crippen LogP contribution is -2.50. The Bertz CT molecular complexity index is 1350. The highest BCUT2D eigenvalue weighted by Gasteiger charge is 2.51. The topological polar surface area (TPSA) is 71.0 Å². The molecule has 40 heavy (non-hydrogen) atoms. The van der Waals surface area contributed by atoms with E-state index in [1.165, 1.54) is 0 Å². The fourth-order valence-corrected chi connectivity index (χ4v) is 7.59. The fourth-order valence-electron chi connectivity index (χ4n) is 7.09. The molecule has 8 nitrogen and oxygen atoms in total. The molecule has 6 rings (SSSR count). The van der Waals surface area contributed by atoms with E-state index in [2.05, 4.69) is 30.7 Å². The number of rotatable bonds is 4. The summed E-state index contributed by atoms with van der Waals surface area (Å²) in [6, 6.07) is 1.71. The highest BCUT2D eigenvalue weighted by molar-refractivity contribution is 9.10. The number of carbonyl (C=O) groups is 1. The summed E-state index contributed by atoms with van der Waals surface area (Å²) in [6.07, 6.45) is 3.51. The van der Waals surface area contributed by atoms with Crippen LogP contribution in [0, 0.1) is 5.82 Å². The van der Waals surface area contributed by atoms with Crippen LogP contribution in [0.1, 0.15) is 59.3 Å². The van der Waals surface area contributed by atoms with E-state index in [0.29, 0.717) is 43.8 Å². The predicted octanol–water partition coefficient (Wildman–Crippen LogP) is 6.12. The lowest BCUT2D eigenvalue weighted by molar-refractivity contribution is 0.0111. The largest absolute Gasteiger partial charge is 0.461 e. The number of hydrogen-bond acceptors (Lipinski definition) is 7. The molecule has 0 saturated carbocycles. The molecule has 0 radical (unpaired) electrons. The molecule has 0 bridgehead atoms. The van der Waals surface area contributed by atoms with Gasteiger partial charge in [-0.05, 0) is 81.4 Å². The second kappa shape index (κ2) is 10.1. The lowest BCUT2D eigenvalue weighted by atomic mass is 9.95. The first kappa shape index (κ1) is 28.2. The molecule has 0 aliphatic carbocycles. The van der Waals surface area contributed by atoms with Gasteiger partial charge in [0, 0.05) is 38.0 Å². The van der Waals surface area contributed by atoms with Gasteiger partial charge in [0.1, 0.15) is 29.7 Å². The zero-order valence-corrected chi connectivity index (χ0v) is 25.5. The molecular formula is C28H35BrClF2N5O3. The monoisotopic (exact) mass is 641 g/mol. The molecule has 1 aromatic carbocycles. The highest BCUT2D eigenvalue weighted by Crippen LogP contribution is 2.44. The summed E-state index contributed by atoms with van der Waals surface area (Å²) in [7, 11) is 0. The van der Waals surface area contributed by atoms with Gasteiger partial charge in [0.2, 0.25) is 0 Å². The maximum atomic E-state index is 15.5. The van der Waals surface area contributed by atoms with E-state index in [-0.39, 0.29) is 39.3 Å². The normalized spacial score (nSPS) is 28.7. The second-order valence-corrected chi connectivity index (χ2v) is 13.9. The molecule has 1 spiro atoms. The van der Waals surface area contributed by atoms with Crippen molar-refractivity contribution >= 4 is 50.3 Å². The van der Waals surface area contributed by atoms with Crippen LogP contribution in [0.3, 0.4) is 0 Å². The van der Waals surface area contributed by atoms with Crippen LogP contribution in [-0.4, -0.2) is 88.0 Å². The van der Waals surface area contributed by atoms with E-state index in [1.54, 1.807) is 6.07 Å². The average molecular weight is 643 g/mol. The molecule has 4 aliphatic rings. The summed E-state index contributed by atoms with van der Waals surface area (Å²) < 4.78 is 41.8.